The van der Waals surface area contributed by atoms with Crippen LogP contribution in [0.5, 0.6) is 0 Å². The van der Waals surface area contributed by atoms with Gasteiger partial charge >= 0.3 is 0 Å². The van der Waals surface area contributed by atoms with Gasteiger partial charge in [-0.25, -0.2) is 0 Å². The number of likely N-dealkylation sites (N-methyl/N-ethyl adjacent to an activating group) is 1. The van der Waals surface area contributed by atoms with Crippen LogP contribution in [0.15, 0.2) is 24.3 Å². The lowest BCUT2D eigenvalue weighted by Gasteiger charge is -2.31. The number of carbonyl (C=O) groups excluding carboxylic acids is 2. The molecule has 122 valence electrons. The van der Waals surface area contributed by atoms with Crippen molar-refractivity contribution >= 4 is 11.8 Å². The summed E-state index contributed by atoms with van der Waals surface area (Å²) in [5, 5.41) is 14.2. The molecule has 0 saturated carbocycles. The molecule has 1 saturated heterocycles. The monoisotopic (exact) mass is 316 g/mol. The molecule has 0 aliphatic carbocycles. The molecule has 1 atom stereocenters. The first-order valence-corrected chi connectivity index (χ1v) is 7.43. The Kier molecular flexibility index (Phi) is 6.09. The number of nitrogens with one attached hydrogen (secondary N) is 2. The number of carbonyl (C=O) groups is 2. The van der Waals surface area contributed by atoms with Crippen LogP contribution >= 0.6 is 0 Å². The number of ether oxygens (including phenoxy) is 1. The zero-order chi connectivity index (χ0) is 16.7. The molecule has 2 amide bonds. The van der Waals surface area contributed by atoms with Crippen LogP contribution in [0.4, 0.5) is 0 Å². The maximum Gasteiger partial charge on any atom is 0.250 e. The van der Waals surface area contributed by atoms with Gasteiger partial charge in [-0.2, -0.15) is 5.26 Å². The zero-order valence-corrected chi connectivity index (χ0v) is 13.0. The molecule has 0 spiro atoms. The lowest BCUT2D eigenvalue weighted by molar-refractivity contribution is -0.140. The van der Waals surface area contributed by atoms with Crippen molar-refractivity contribution in [1.82, 2.24) is 15.5 Å². The molecule has 0 aromatic heterocycles. The third-order valence-corrected chi connectivity index (χ3v) is 3.60. The first kappa shape index (κ1) is 16.9. The van der Waals surface area contributed by atoms with Crippen LogP contribution in [0.25, 0.3) is 0 Å². The first-order valence-electron chi connectivity index (χ1n) is 7.43. The SMILES string of the molecule is CNC(=O)C1CN(CC(=O)NCc2cccc(C#N)c2)CCO1. The summed E-state index contributed by atoms with van der Waals surface area (Å²) in [7, 11) is 1.56. The summed E-state index contributed by atoms with van der Waals surface area (Å²) in [6.45, 7) is 2.03. The number of nitriles is 1. The van der Waals surface area contributed by atoms with Gasteiger partial charge in [0.15, 0.2) is 0 Å². The number of amides is 2. The molecule has 1 aliphatic rings. The Hall–Kier alpha value is -2.43. The van der Waals surface area contributed by atoms with Crippen LogP contribution in [0.2, 0.25) is 0 Å². The van der Waals surface area contributed by atoms with E-state index in [2.05, 4.69) is 16.7 Å². The minimum atomic E-state index is -0.533. The molecule has 1 heterocycles. The predicted octanol–water partition coefficient (Wildman–Crippen LogP) is -0.379. The summed E-state index contributed by atoms with van der Waals surface area (Å²) >= 11 is 0. The summed E-state index contributed by atoms with van der Waals surface area (Å²) in [6, 6.07) is 9.18. The Balaban J connectivity index is 1.80. The van der Waals surface area contributed by atoms with Crippen LogP contribution in [0.3, 0.4) is 0 Å². The molecule has 1 fully saturated rings. The van der Waals surface area contributed by atoms with Gasteiger partial charge in [-0.05, 0) is 17.7 Å². The summed E-state index contributed by atoms with van der Waals surface area (Å²) < 4.78 is 5.38. The number of morpholine rings is 1. The van der Waals surface area contributed by atoms with Crippen LogP contribution < -0.4 is 10.6 Å². The van der Waals surface area contributed by atoms with E-state index in [4.69, 9.17) is 10.00 Å². The Morgan fingerprint density at radius 2 is 2.30 bits per heavy atom. The lowest BCUT2D eigenvalue weighted by Crippen LogP contribution is -2.51. The highest BCUT2D eigenvalue weighted by molar-refractivity contribution is 5.81. The number of hydrogen-bond donors (Lipinski definition) is 2. The van der Waals surface area contributed by atoms with E-state index in [-0.39, 0.29) is 18.4 Å². The molecule has 1 unspecified atom stereocenters. The fourth-order valence-electron chi connectivity index (χ4n) is 2.38. The van der Waals surface area contributed by atoms with Crippen LogP contribution in [0, 0.1) is 11.3 Å². The van der Waals surface area contributed by atoms with E-state index in [0.717, 1.165) is 5.56 Å². The Labute approximate surface area is 135 Å². The largest absolute Gasteiger partial charge is 0.366 e. The number of nitrogens with zero attached hydrogens (tertiary/aromatic N) is 2. The van der Waals surface area contributed by atoms with Crippen molar-refractivity contribution in [3.63, 3.8) is 0 Å². The Bertz CT molecular complexity index is 612. The highest BCUT2D eigenvalue weighted by Crippen LogP contribution is 2.06. The number of benzene rings is 1. The second kappa shape index (κ2) is 8.27. The maximum absolute atomic E-state index is 12.0. The van der Waals surface area contributed by atoms with Gasteiger partial charge in [-0.3, -0.25) is 14.5 Å². The summed E-state index contributed by atoms with van der Waals surface area (Å²) in [4.78, 5) is 25.5. The Morgan fingerprint density at radius 3 is 3.04 bits per heavy atom. The molecule has 23 heavy (non-hydrogen) atoms. The van der Waals surface area contributed by atoms with E-state index in [0.29, 0.717) is 31.8 Å². The number of hydrogen-bond acceptors (Lipinski definition) is 5. The fourth-order valence-corrected chi connectivity index (χ4v) is 2.38. The third-order valence-electron chi connectivity index (χ3n) is 3.60. The summed E-state index contributed by atoms with van der Waals surface area (Å²) in [5.74, 6) is -0.298. The minimum absolute atomic E-state index is 0.120. The van der Waals surface area contributed by atoms with E-state index < -0.39 is 6.10 Å². The van der Waals surface area contributed by atoms with Gasteiger partial charge in [0.2, 0.25) is 11.8 Å². The standard InChI is InChI=1S/C16H20N4O3/c1-18-16(22)14-10-20(5-6-23-14)11-15(21)19-9-13-4-2-3-12(7-13)8-17/h2-4,7,14H,5-6,9-11H2,1H3,(H,18,22)(H,19,21). The second-order valence-corrected chi connectivity index (χ2v) is 5.30. The van der Waals surface area contributed by atoms with Crippen molar-refractivity contribution in [2.24, 2.45) is 0 Å². The van der Waals surface area contributed by atoms with E-state index in [9.17, 15) is 9.59 Å². The lowest BCUT2D eigenvalue weighted by atomic mass is 10.1. The molecule has 0 bridgehead atoms. The highest BCUT2D eigenvalue weighted by atomic mass is 16.5. The second-order valence-electron chi connectivity index (χ2n) is 5.30. The van der Waals surface area contributed by atoms with Crippen molar-refractivity contribution in [3.8, 4) is 6.07 Å². The van der Waals surface area contributed by atoms with Gasteiger partial charge in [0.1, 0.15) is 6.10 Å². The fraction of sp³-hybridized carbons (Fsp3) is 0.438. The molecular weight excluding hydrogens is 296 g/mol. The van der Waals surface area contributed by atoms with E-state index in [1.807, 2.05) is 11.0 Å². The van der Waals surface area contributed by atoms with Crippen LogP contribution in [-0.2, 0) is 20.9 Å². The normalized spacial score (nSPS) is 18.0. The predicted molar refractivity (Wildman–Crippen MR) is 83.3 cm³/mol. The maximum atomic E-state index is 12.0. The molecule has 1 aromatic rings. The zero-order valence-electron chi connectivity index (χ0n) is 13.0. The molecule has 7 nitrogen and oxygen atoms in total. The molecule has 2 N–H and O–H groups in total. The van der Waals surface area contributed by atoms with Gasteiger partial charge in [0.05, 0.1) is 24.8 Å². The smallest absolute Gasteiger partial charge is 0.250 e. The first-order chi connectivity index (χ1) is 11.1. The summed E-state index contributed by atoms with van der Waals surface area (Å²) in [5.41, 5.74) is 1.45. The average Bonchev–Trinajstić information content (AvgIpc) is 2.59. The molecule has 7 heteroatoms. The van der Waals surface area contributed by atoms with Crippen molar-refractivity contribution in [2.45, 2.75) is 12.6 Å². The molecule has 2 rings (SSSR count). The van der Waals surface area contributed by atoms with Gasteiger partial charge in [0.25, 0.3) is 0 Å². The van der Waals surface area contributed by atoms with Crippen molar-refractivity contribution in [2.75, 3.05) is 33.3 Å². The van der Waals surface area contributed by atoms with Crippen molar-refractivity contribution in [3.05, 3.63) is 35.4 Å². The van der Waals surface area contributed by atoms with Crippen LogP contribution in [-0.4, -0.2) is 56.1 Å². The van der Waals surface area contributed by atoms with E-state index >= 15 is 0 Å². The third kappa shape index (κ3) is 5.06. The minimum Gasteiger partial charge on any atom is -0.366 e. The van der Waals surface area contributed by atoms with Gasteiger partial charge in [0, 0.05) is 26.7 Å². The van der Waals surface area contributed by atoms with Gasteiger partial charge in [-0.15, -0.1) is 0 Å². The molecule has 1 aliphatic heterocycles. The molecule has 0 radical (unpaired) electrons. The number of rotatable bonds is 5. The molecule has 1 aromatic carbocycles. The Morgan fingerprint density at radius 1 is 1.48 bits per heavy atom. The van der Waals surface area contributed by atoms with Crippen molar-refractivity contribution in [1.29, 1.82) is 5.26 Å². The van der Waals surface area contributed by atoms with E-state index in [1.165, 1.54) is 0 Å². The summed E-state index contributed by atoms with van der Waals surface area (Å²) in [6.07, 6.45) is -0.533. The molecular formula is C16H20N4O3. The van der Waals surface area contributed by atoms with Crippen LogP contribution in [0.1, 0.15) is 11.1 Å². The quantitative estimate of drug-likeness (QED) is 0.772. The van der Waals surface area contributed by atoms with Gasteiger partial charge < -0.3 is 15.4 Å². The topological polar surface area (TPSA) is 94.5 Å². The highest BCUT2D eigenvalue weighted by Gasteiger charge is 2.26. The van der Waals surface area contributed by atoms with Crippen molar-refractivity contribution < 1.29 is 14.3 Å². The average molecular weight is 316 g/mol. The van der Waals surface area contributed by atoms with E-state index in [1.54, 1.807) is 25.2 Å². The van der Waals surface area contributed by atoms with Gasteiger partial charge in [-0.1, -0.05) is 12.1 Å².